The Bertz CT molecular complexity index is 643. The summed E-state index contributed by atoms with van der Waals surface area (Å²) in [5.41, 5.74) is 2.72. The highest BCUT2D eigenvalue weighted by Crippen LogP contribution is 2.33. The Morgan fingerprint density at radius 2 is 2.05 bits per heavy atom. The molecule has 1 aromatic heterocycles. The highest BCUT2D eigenvalue weighted by Gasteiger charge is 2.31. The first kappa shape index (κ1) is 13.7. The molecule has 1 unspecified atom stereocenters. The average molecular weight is 294 g/mol. The summed E-state index contributed by atoms with van der Waals surface area (Å²) >= 11 is 0. The molecule has 1 heterocycles. The highest BCUT2D eigenvalue weighted by molar-refractivity contribution is 5.50. The van der Waals surface area contributed by atoms with Gasteiger partial charge in [0, 0.05) is 18.0 Å². The van der Waals surface area contributed by atoms with E-state index in [4.69, 9.17) is 0 Å². The number of ether oxygens (including phenoxy) is 1. The van der Waals surface area contributed by atoms with Crippen molar-refractivity contribution in [1.29, 1.82) is 0 Å². The normalized spacial score (nSPS) is 17.4. The van der Waals surface area contributed by atoms with E-state index >= 15 is 0 Å². The van der Waals surface area contributed by atoms with Crippen molar-refractivity contribution in [2.24, 2.45) is 0 Å². The minimum Gasteiger partial charge on any atom is -0.406 e. The van der Waals surface area contributed by atoms with Gasteiger partial charge in [0.05, 0.1) is 11.7 Å². The van der Waals surface area contributed by atoms with E-state index in [1.54, 1.807) is 12.3 Å². The highest BCUT2D eigenvalue weighted by atomic mass is 19.4. The number of anilines is 1. The Morgan fingerprint density at radius 1 is 1.19 bits per heavy atom. The standard InChI is InChI=1S/C15H13F3N2O/c16-15(17,18)21-12-5-1-4-11(9-12)20-13-7-6-10-3-2-8-19-14(10)13/h1-5,8-9,13,20H,6-7H2. The second-order valence-electron chi connectivity index (χ2n) is 4.86. The summed E-state index contributed by atoms with van der Waals surface area (Å²) in [5.74, 6) is -0.230. The second kappa shape index (κ2) is 5.27. The average Bonchev–Trinajstić information content (AvgIpc) is 2.81. The maximum atomic E-state index is 12.2. The lowest BCUT2D eigenvalue weighted by Crippen LogP contribution is -2.17. The SMILES string of the molecule is FC(F)(F)Oc1cccc(NC2CCc3cccnc32)c1. The molecule has 0 fully saturated rings. The van der Waals surface area contributed by atoms with Crippen molar-refractivity contribution in [3.8, 4) is 5.75 Å². The lowest BCUT2D eigenvalue weighted by molar-refractivity contribution is -0.274. The molecular weight excluding hydrogens is 281 g/mol. The van der Waals surface area contributed by atoms with Crippen molar-refractivity contribution in [1.82, 2.24) is 4.98 Å². The predicted octanol–water partition coefficient (Wildman–Crippen LogP) is 4.08. The summed E-state index contributed by atoms with van der Waals surface area (Å²) in [6.07, 6.45) is -1.17. The fourth-order valence-corrected chi connectivity index (χ4v) is 2.54. The molecule has 21 heavy (non-hydrogen) atoms. The van der Waals surface area contributed by atoms with Gasteiger partial charge in [0.2, 0.25) is 0 Å². The number of hydrogen-bond donors (Lipinski definition) is 1. The van der Waals surface area contributed by atoms with Gasteiger partial charge in [-0.3, -0.25) is 4.98 Å². The van der Waals surface area contributed by atoms with Gasteiger partial charge in [0.25, 0.3) is 0 Å². The van der Waals surface area contributed by atoms with E-state index in [1.165, 1.54) is 23.8 Å². The number of rotatable bonds is 3. The van der Waals surface area contributed by atoms with Crippen LogP contribution in [-0.2, 0) is 6.42 Å². The van der Waals surface area contributed by atoms with E-state index in [0.717, 1.165) is 18.5 Å². The van der Waals surface area contributed by atoms with Gasteiger partial charge in [-0.05, 0) is 36.6 Å². The molecule has 0 aliphatic heterocycles. The van der Waals surface area contributed by atoms with Gasteiger partial charge in [0.1, 0.15) is 5.75 Å². The fraction of sp³-hybridized carbons (Fsp3) is 0.267. The minimum absolute atomic E-state index is 0.0161. The second-order valence-corrected chi connectivity index (χ2v) is 4.86. The van der Waals surface area contributed by atoms with E-state index in [1.807, 2.05) is 12.1 Å². The number of aromatic nitrogens is 1. The number of hydrogen-bond acceptors (Lipinski definition) is 3. The zero-order chi connectivity index (χ0) is 14.9. The fourth-order valence-electron chi connectivity index (χ4n) is 2.54. The topological polar surface area (TPSA) is 34.1 Å². The van der Waals surface area contributed by atoms with Gasteiger partial charge in [-0.25, -0.2) is 0 Å². The van der Waals surface area contributed by atoms with Crippen LogP contribution in [0.4, 0.5) is 18.9 Å². The Kier molecular flexibility index (Phi) is 3.45. The third-order valence-corrected chi connectivity index (χ3v) is 3.37. The number of fused-ring (bicyclic) bond motifs is 1. The smallest absolute Gasteiger partial charge is 0.406 e. The van der Waals surface area contributed by atoms with Crippen molar-refractivity contribution < 1.29 is 17.9 Å². The van der Waals surface area contributed by atoms with Crippen molar-refractivity contribution >= 4 is 5.69 Å². The summed E-state index contributed by atoms with van der Waals surface area (Å²) < 4.78 is 40.6. The molecular formula is C15H13F3N2O. The molecule has 2 aromatic rings. The molecule has 1 aliphatic rings. The van der Waals surface area contributed by atoms with Gasteiger partial charge >= 0.3 is 6.36 Å². The van der Waals surface area contributed by atoms with Gasteiger partial charge in [-0.15, -0.1) is 13.2 Å². The maximum Gasteiger partial charge on any atom is 0.573 e. The van der Waals surface area contributed by atoms with Gasteiger partial charge in [0.15, 0.2) is 0 Å². The van der Waals surface area contributed by atoms with Crippen LogP contribution in [0.3, 0.4) is 0 Å². The van der Waals surface area contributed by atoms with E-state index in [2.05, 4.69) is 15.0 Å². The molecule has 3 rings (SSSR count). The van der Waals surface area contributed by atoms with E-state index in [0.29, 0.717) is 5.69 Å². The molecule has 0 spiro atoms. The Hall–Kier alpha value is -2.24. The third kappa shape index (κ3) is 3.26. The summed E-state index contributed by atoms with van der Waals surface area (Å²) in [7, 11) is 0. The molecule has 1 atom stereocenters. The first-order valence-electron chi connectivity index (χ1n) is 6.57. The molecule has 1 aliphatic carbocycles. The molecule has 6 heteroatoms. The number of nitrogens with one attached hydrogen (secondary N) is 1. The van der Waals surface area contributed by atoms with Crippen molar-refractivity contribution in [3.63, 3.8) is 0 Å². The molecule has 110 valence electrons. The number of pyridine rings is 1. The molecule has 1 aromatic carbocycles. The van der Waals surface area contributed by atoms with Gasteiger partial charge < -0.3 is 10.1 Å². The zero-order valence-electron chi connectivity index (χ0n) is 11.0. The van der Waals surface area contributed by atoms with Crippen LogP contribution < -0.4 is 10.1 Å². The first-order chi connectivity index (χ1) is 10.0. The number of nitrogens with zero attached hydrogens (tertiary/aromatic N) is 1. The molecule has 3 nitrogen and oxygen atoms in total. The number of alkyl halides is 3. The largest absolute Gasteiger partial charge is 0.573 e. The molecule has 0 bridgehead atoms. The van der Waals surface area contributed by atoms with Crippen LogP contribution in [0.1, 0.15) is 23.7 Å². The Labute approximate surface area is 119 Å². The number of benzene rings is 1. The molecule has 0 saturated heterocycles. The van der Waals surface area contributed by atoms with E-state index < -0.39 is 6.36 Å². The summed E-state index contributed by atoms with van der Waals surface area (Å²) in [4.78, 5) is 4.34. The van der Waals surface area contributed by atoms with Crippen molar-refractivity contribution in [2.45, 2.75) is 25.2 Å². The Balaban J connectivity index is 1.76. The van der Waals surface area contributed by atoms with Gasteiger partial charge in [-0.2, -0.15) is 0 Å². The molecule has 0 saturated carbocycles. The summed E-state index contributed by atoms with van der Waals surface area (Å²) in [5, 5.41) is 3.21. The summed E-state index contributed by atoms with van der Waals surface area (Å²) in [6.45, 7) is 0. The maximum absolute atomic E-state index is 12.2. The van der Waals surface area contributed by atoms with E-state index in [-0.39, 0.29) is 11.8 Å². The third-order valence-electron chi connectivity index (χ3n) is 3.37. The predicted molar refractivity (Wildman–Crippen MR) is 72.0 cm³/mol. The Morgan fingerprint density at radius 3 is 2.86 bits per heavy atom. The van der Waals surface area contributed by atoms with Gasteiger partial charge in [-0.1, -0.05) is 12.1 Å². The van der Waals surface area contributed by atoms with Crippen LogP contribution in [0.15, 0.2) is 42.6 Å². The first-order valence-corrected chi connectivity index (χ1v) is 6.57. The van der Waals surface area contributed by atoms with E-state index in [9.17, 15) is 13.2 Å². The van der Waals surface area contributed by atoms with Crippen LogP contribution in [0.2, 0.25) is 0 Å². The lowest BCUT2D eigenvalue weighted by atomic mass is 10.2. The number of halogens is 3. The van der Waals surface area contributed by atoms with Crippen molar-refractivity contribution in [2.75, 3.05) is 5.32 Å². The molecule has 0 amide bonds. The quantitative estimate of drug-likeness (QED) is 0.926. The molecule has 0 radical (unpaired) electrons. The van der Waals surface area contributed by atoms with Crippen molar-refractivity contribution in [3.05, 3.63) is 53.9 Å². The van der Waals surface area contributed by atoms with Crippen LogP contribution in [0.5, 0.6) is 5.75 Å². The molecule has 1 N–H and O–H groups in total. The lowest BCUT2D eigenvalue weighted by Gasteiger charge is -2.16. The summed E-state index contributed by atoms with van der Waals surface area (Å²) in [6, 6.07) is 9.78. The minimum atomic E-state index is -4.68. The zero-order valence-corrected chi connectivity index (χ0v) is 11.0. The van der Waals surface area contributed by atoms with Crippen LogP contribution in [-0.4, -0.2) is 11.3 Å². The number of aryl methyl sites for hydroxylation is 1. The monoisotopic (exact) mass is 294 g/mol. The van der Waals surface area contributed by atoms with Crippen LogP contribution in [0.25, 0.3) is 0 Å². The van der Waals surface area contributed by atoms with Crippen LogP contribution >= 0.6 is 0 Å². The van der Waals surface area contributed by atoms with Crippen LogP contribution in [0, 0.1) is 0 Å².